The lowest BCUT2D eigenvalue weighted by Gasteiger charge is -2.13. The molecule has 0 atom stereocenters. The summed E-state index contributed by atoms with van der Waals surface area (Å²) in [5.41, 5.74) is 5.40. The van der Waals surface area contributed by atoms with Crippen LogP contribution in [0.25, 0.3) is 0 Å². The van der Waals surface area contributed by atoms with Crippen molar-refractivity contribution >= 4 is 17.2 Å². The highest BCUT2D eigenvalue weighted by Gasteiger charge is 2.09. The van der Waals surface area contributed by atoms with Gasteiger partial charge in [0.25, 0.3) is 0 Å². The molecule has 0 bridgehead atoms. The predicted octanol–water partition coefficient (Wildman–Crippen LogP) is 1.54. The third-order valence-electron chi connectivity index (χ3n) is 2.35. The number of likely N-dealkylation sites (tertiary alicyclic amines) is 1. The number of hydrogen-bond acceptors (Lipinski definition) is 2. The number of hydrogen-bond donors (Lipinski definition) is 1. The molecule has 1 aliphatic heterocycles. The van der Waals surface area contributed by atoms with Crippen LogP contribution in [0, 0.1) is 0 Å². The molecule has 0 spiro atoms. The lowest BCUT2D eigenvalue weighted by molar-refractivity contribution is 0.331. The number of nitrogens with zero attached hydrogens (tertiary/aromatic N) is 1. The number of nitrogens with two attached hydrogens (primary N) is 1. The predicted molar refractivity (Wildman–Crippen MR) is 56.3 cm³/mol. The van der Waals surface area contributed by atoms with E-state index in [1.165, 1.54) is 38.9 Å². The van der Waals surface area contributed by atoms with E-state index in [9.17, 15) is 0 Å². The molecule has 0 aromatic carbocycles. The molecule has 1 saturated heterocycles. The maximum Gasteiger partial charge on any atom is 0.0727 e. The van der Waals surface area contributed by atoms with Gasteiger partial charge in [-0.1, -0.05) is 12.2 Å². The molecule has 0 aromatic heterocycles. The van der Waals surface area contributed by atoms with Crippen LogP contribution in [0.4, 0.5) is 0 Å². The van der Waals surface area contributed by atoms with E-state index in [0.29, 0.717) is 4.99 Å². The maximum atomic E-state index is 5.40. The molecular formula is C9H18N2S. The summed E-state index contributed by atoms with van der Waals surface area (Å²) in [7, 11) is 0. The van der Waals surface area contributed by atoms with Gasteiger partial charge in [0.15, 0.2) is 0 Å². The summed E-state index contributed by atoms with van der Waals surface area (Å²) in [6, 6.07) is 0. The van der Waals surface area contributed by atoms with Gasteiger partial charge in [0.05, 0.1) is 4.99 Å². The largest absolute Gasteiger partial charge is 0.393 e. The zero-order valence-electron chi connectivity index (χ0n) is 7.59. The summed E-state index contributed by atoms with van der Waals surface area (Å²) in [5, 5.41) is 0. The molecule has 3 heteroatoms. The summed E-state index contributed by atoms with van der Waals surface area (Å²) in [4.78, 5) is 3.19. The van der Waals surface area contributed by atoms with Gasteiger partial charge in [-0.05, 0) is 51.7 Å². The Balaban J connectivity index is 1.91. The van der Waals surface area contributed by atoms with Crippen molar-refractivity contribution in [1.82, 2.24) is 4.90 Å². The van der Waals surface area contributed by atoms with Crippen molar-refractivity contribution in [1.29, 1.82) is 0 Å². The smallest absolute Gasteiger partial charge is 0.0727 e. The van der Waals surface area contributed by atoms with Gasteiger partial charge in [-0.2, -0.15) is 0 Å². The van der Waals surface area contributed by atoms with Crippen molar-refractivity contribution in [3.05, 3.63) is 0 Å². The van der Waals surface area contributed by atoms with Crippen molar-refractivity contribution in [3.63, 3.8) is 0 Å². The Bertz CT molecular complexity index is 141. The zero-order valence-corrected chi connectivity index (χ0v) is 8.41. The Morgan fingerprint density at radius 3 is 2.50 bits per heavy atom. The first-order valence-electron chi connectivity index (χ1n) is 4.80. The van der Waals surface area contributed by atoms with Crippen LogP contribution in [0.3, 0.4) is 0 Å². The Hall–Kier alpha value is -0.150. The fourth-order valence-electron chi connectivity index (χ4n) is 1.64. The fraction of sp³-hybridized carbons (Fsp3) is 0.889. The standard InChI is InChI=1S/C9H18N2S/c10-9(12)5-1-2-6-11-7-3-4-8-11/h1-8H2,(H2,10,12). The van der Waals surface area contributed by atoms with Gasteiger partial charge in [-0.15, -0.1) is 0 Å². The monoisotopic (exact) mass is 186 g/mol. The second kappa shape index (κ2) is 5.49. The summed E-state index contributed by atoms with van der Waals surface area (Å²) in [5.74, 6) is 0. The fourth-order valence-corrected chi connectivity index (χ4v) is 1.79. The van der Waals surface area contributed by atoms with E-state index in [-0.39, 0.29) is 0 Å². The van der Waals surface area contributed by atoms with E-state index >= 15 is 0 Å². The topological polar surface area (TPSA) is 29.3 Å². The Morgan fingerprint density at radius 1 is 1.25 bits per heavy atom. The third kappa shape index (κ3) is 4.02. The molecule has 1 heterocycles. The van der Waals surface area contributed by atoms with Crippen LogP contribution >= 0.6 is 12.2 Å². The first kappa shape index (κ1) is 9.93. The minimum absolute atomic E-state index is 0.663. The highest BCUT2D eigenvalue weighted by Crippen LogP contribution is 2.08. The minimum atomic E-state index is 0.663. The molecule has 2 N–H and O–H groups in total. The van der Waals surface area contributed by atoms with Crippen LogP contribution in [0.2, 0.25) is 0 Å². The molecule has 0 unspecified atom stereocenters. The zero-order chi connectivity index (χ0) is 8.81. The highest BCUT2D eigenvalue weighted by atomic mass is 32.1. The Morgan fingerprint density at radius 2 is 1.92 bits per heavy atom. The summed E-state index contributed by atoms with van der Waals surface area (Å²) < 4.78 is 0. The minimum Gasteiger partial charge on any atom is -0.393 e. The van der Waals surface area contributed by atoms with Crippen molar-refractivity contribution in [2.45, 2.75) is 32.1 Å². The van der Waals surface area contributed by atoms with E-state index < -0.39 is 0 Å². The molecule has 0 aromatic rings. The Kier molecular flexibility index (Phi) is 4.54. The molecule has 0 amide bonds. The van der Waals surface area contributed by atoms with E-state index in [4.69, 9.17) is 18.0 Å². The molecule has 70 valence electrons. The van der Waals surface area contributed by atoms with E-state index in [1.54, 1.807) is 0 Å². The van der Waals surface area contributed by atoms with Gasteiger partial charge in [0.1, 0.15) is 0 Å². The second-order valence-electron chi connectivity index (χ2n) is 3.47. The maximum absolute atomic E-state index is 5.40. The van der Waals surface area contributed by atoms with Crippen molar-refractivity contribution < 1.29 is 0 Å². The second-order valence-corrected chi connectivity index (χ2v) is 4.00. The molecule has 1 aliphatic rings. The molecule has 0 radical (unpaired) electrons. The highest BCUT2D eigenvalue weighted by molar-refractivity contribution is 7.80. The Labute approximate surface area is 80.1 Å². The number of unbranched alkanes of at least 4 members (excludes halogenated alkanes) is 1. The van der Waals surface area contributed by atoms with E-state index in [0.717, 1.165) is 12.8 Å². The molecule has 1 rings (SSSR count). The van der Waals surface area contributed by atoms with Gasteiger partial charge in [-0.3, -0.25) is 0 Å². The lowest BCUT2D eigenvalue weighted by atomic mass is 10.2. The summed E-state index contributed by atoms with van der Waals surface area (Å²) in [6.45, 7) is 3.84. The molecule has 0 aliphatic carbocycles. The van der Waals surface area contributed by atoms with Crippen molar-refractivity contribution in [3.8, 4) is 0 Å². The quantitative estimate of drug-likeness (QED) is 0.521. The SMILES string of the molecule is NC(=S)CCCCN1CCCC1. The normalized spacial score (nSPS) is 18.3. The van der Waals surface area contributed by atoms with E-state index in [1.807, 2.05) is 0 Å². The summed E-state index contributed by atoms with van der Waals surface area (Å²) in [6.07, 6.45) is 6.09. The first-order chi connectivity index (χ1) is 5.79. The van der Waals surface area contributed by atoms with Gasteiger partial charge in [-0.25, -0.2) is 0 Å². The van der Waals surface area contributed by atoms with Gasteiger partial charge >= 0.3 is 0 Å². The van der Waals surface area contributed by atoms with Crippen LogP contribution in [-0.2, 0) is 0 Å². The van der Waals surface area contributed by atoms with Crippen molar-refractivity contribution in [2.75, 3.05) is 19.6 Å². The molecule has 12 heavy (non-hydrogen) atoms. The summed E-state index contributed by atoms with van der Waals surface area (Å²) >= 11 is 4.81. The number of rotatable bonds is 5. The molecule has 0 saturated carbocycles. The lowest BCUT2D eigenvalue weighted by Crippen LogP contribution is -2.20. The van der Waals surface area contributed by atoms with Crippen LogP contribution in [0.1, 0.15) is 32.1 Å². The first-order valence-corrected chi connectivity index (χ1v) is 5.20. The van der Waals surface area contributed by atoms with E-state index in [2.05, 4.69) is 4.90 Å². The van der Waals surface area contributed by atoms with Gasteiger partial charge in [0.2, 0.25) is 0 Å². The van der Waals surface area contributed by atoms with Crippen molar-refractivity contribution in [2.24, 2.45) is 5.73 Å². The van der Waals surface area contributed by atoms with Crippen LogP contribution in [-0.4, -0.2) is 29.5 Å². The average molecular weight is 186 g/mol. The van der Waals surface area contributed by atoms with Crippen LogP contribution in [0.15, 0.2) is 0 Å². The average Bonchev–Trinajstić information content (AvgIpc) is 2.49. The molecule has 2 nitrogen and oxygen atoms in total. The molecule has 1 fully saturated rings. The van der Waals surface area contributed by atoms with Gasteiger partial charge < -0.3 is 10.6 Å². The van der Waals surface area contributed by atoms with Crippen LogP contribution < -0.4 is 5.73 Å². The molecular weight excluding hydrogens is 168 g/mol. The van der Waals surface area contributed by atoms with Gasteiger partial charge in [0, 0.05) is 0 Å². The van der Waals surface area contributed by atoms with Crippen LogP contribution in [0.5, 0.6) is 0 Å². The third-order valence-corrected chi connectivity index (χ3v) is 2.55. The number of thiocarbonyl (C=S) groups is 1.